The van der Waals surface area contributed by atoms with Crippen LogP contribution in [0.3, 0.4) is 0 Å². The molecule has 0 fully saturated rings. The van der Waals surface area contributed by atoms with Crippen LogP contribution in [0.5, 0.6) is 11.5 Å². The molecule has 1 aromatic carbocycles. The third kappa shape index (κ3) is 4.08. The Hall–Kier alpha value is -3.35. The Labute approximate surface area is 155 Å². The molecule has 0 saturated heterocycles. The minimum Gasteiger partial charge on any atom is -0.454 e. The maximum Gasteiger partial charge on any atom is 0.346 e. The predicted molar refractivity (Wildman–Crippen MR) is 91.1 cm³/mol. The van der Waals surface area contributed by atoms with Gasteiger partial charge in [-0.3, -0.25) is 14.9 Å². The van der Waals surface area contributed by atoms with Gasteiger partial charge in [-0.25, -0.2) is 4.79 Å². The van der Waals surface area contributed by atoms with Crippen LogP contribution in [0, 0.1) is 27.4 Å². The average Bonchev–Trinajstić information content (AvgIpc) is 3.07. The lowest BCUT2D eigenvalue weighted by Gasteiger charge is -2.28. The van der Waals surface area contributed by atoms with Gasteiger partial charge in [0, 0.05) is 6.07 Å². The van der Waals surface area contributed by atoms with Crippen molar-refractivity contribution in [3.05, 3.63) is 27.8 Å². The smallest absolute Gasteiger partial charge is 0.346 e. The number of fused-ring (bicyclic) bond motifs is 1. The van der Waals surface area contributed by atoms with Crippen LogP contribution in [0.4, 0.5) is 5.69 Å². The topological polar surface area (TPSA) is 141 Å². The van der Waals surface area contributed by atoms with Crippen molar-refractivity contribution in [3.8, 4) is 17.6 Å². The van der Waals surface area contributed by atoms with Gasteiger partial charge in [-0.1, -0.05) is 13.8 Å². The summed E-state index contributed by atoms with van der Waals surface area (Å²) < 4.78 is 15.2. The Morgan fingerprint density at radius 1 is 1.33 bits per heavy atom. The van der Waals surface area contributed by atoms with E-state index >= 15 is 0 Å². The van der Waals surface area contributed by atoms with E-state index in [4.69, 9.17) is 14.2 Å². The van der Waals surface area contributed by atoms with Crippen LogP contribution >= 0.6 is 0 Å². The zero-order valence-electron chi connectivity index (χ0n) is 15.3. The zero-order valence-corrected chi connectivity index (χ0v) is 15.3. The summed E-state index contributed by atoms with van der Waals surface area (Å²) in [5.41, 5.74) is -2.04. The molecule has 0 aliphatic carbocycles. The minimum absolute atomic E-state index is 0.119. The standard InChI is InChI=1S/C17H19N3O7/c1-9(2)17(4,7-18)19-15(21)10(3)27-16(22)11-5-13-14(26-8-25-13)6-12(11)20(23)24/h5-6,9-10H,8H2,1-4H3,(H,19,21). The van der Waals surface area contributed by atoms with Crippen molar-refractivity contribution in [1.82, 2.24) is 5.32 Å². The van der Waals surface area contributed by atoms with Crippen LogP contribution in [0.1, 0.15) is 38.1 Å². The van der Waals surface area contributed by atoms with Crippen molar-refractivity contribution in [3.63, 3.8) is 0 Å². The number of nitriles is 1. The van der Waals surface area contributed by atoms with Crippen molar-refractivity contribution >= 4 is 17.6 Å². The van der Waals surface area contributed by atoms with E-state index in [0.717, 1.165) is 12.1 Å². The molecule has 2 rings (SSSR count). The van der Waals surface area contributed by atoms with Crippen LogP contribution in [0.15, 0.2) is 12.1 Å². The molecule has 0 bridgehead atoms. The summed E-state index contributed by atoms with van der Waals surface area (Å²) in [4.78, 5) is 35.1. The van der Waals surface area contributed by atoms with Gasteiger partial charge in [0.15, 0.2) is 17.6 Å². The molecule has 2 atom stereocenters. The SMILES string of the molecule is CC(OC(=O)c1cc2c(cc1[N+](=O)[O-])OCO2)C(=O)NC(C)(C#N)C(C)C. The normalized spacial score (nSPS) is 15.4. The maximum absolute atomic E-state index is 12.4. The molecule has 1 heterocycles. The summed E-state index contributed by atoms with van der Waals surface area (Å²) in [6.07, 6.45) is -1.27. The van der Waals surface area contributed by atoms with Crippen molar-refractivity contribution in [1.29, 1.82) is 5.26 Å². The van der Waals surface area contributed by atoms with Gasteiger partial charge in [-0.15, -0.1) is 0 Å². The Bertz CT molecular complexity index is 831. The summed E-state index contributed by atoms with van der Waals surface area (Å²) in [5.74, 6) is -1.63. The highest BCUT2D eigenvalue weighted by Gasteiger charge is 2.34. The number of nitrogens with zero attached hydrogens (tertiary/aromatic N) is 2. The van der Waals surface area contributed by atoms with Crippen LogP contribution < -0.4 is 14.8 Å². The van der Waals surface area contributed by atoms with Gasteiger partial charge >= 0.3 is 5.97 Å². The number of hydrogen-bond donors (Lipinski definition) is 1. The molecule has 0 spiro atoms. The molecule has 10 nitrogen and oxygen atoms in total. The lowest BCUT2D eigenvalue weighted by molar-refractivity contribution is -0.385. The number of nitro groups is 1. The summed E-state index contributed by atoms with van der Waals surface area (Å²) in [6, 6.07) is 4.21. The number of nitro benzene ring substituents is 1. The molecule has 0 aromatic heterocycles. The number of esters is 1. The lowest BCUT2D eigenvalue weighted by Crippen LogP contribution is -2.52. The van der Waals surface area contributed by atoms with Crippen LogP contribution in [0.2, 0.25) is 0 Å². The van der Waals surface area contributed by atoms with Gasteiger partial charge in [0.25, 0.3) is 11.6 Å². The van der Waals surface area contributed by atoms with E-state index in [9.17, 15) is 25.0 Å². The minimum atomic E-state index is -1.27. The Morgan fingerprint density at radius 2 is 1.93 bits per heavy atom. The van der Waals surface area contributed by atoms with Gasteiger partial charge < -0.3 is 19.5 Å². The Morgan fingerprint density at radius 3 is 2.44 bits per heavy atom. The monoisotopic (exact) mass is 377 g/mol. The molecule has 10 heteroatoms. The van der Waals surface area contributed by atoms with Crippen molar-refractivity contribution in [2.45, 2.75) is 39.3 Å². The second-order valence-corrected chi connectivity index (χ2v) is 6.49. The number of ether oxygens (including phenoxy) is 3. The van der Waals surface area contributed by atoms with Gasteiger partial charge in [0.1, 0.15) is 11.1 Å². The fraction of sp³-hybridized carbons (Fsp3) is 0.471. The zero-order chi connectivity index (χ0) is 20.4. The molecule has 27 heavy (non-hydrogen) atoms. The van der Waals surface area contributed by atoms with Gasteiger partial charge in [-0.05, 0) is 19.8 Å². The first-order valence-electron chi connectivity index (χ1n) is 8.11. The number of benzene rings is 1. The largest absolute Gasteiger partial charge is 0.454 e. The van der Waals surface area contributed by atoms with Crippen molar-refractivity contribution < 1.29 is 28.7 Å². The molecule has 0 radical (unpaired) electrons. The Kier molecular flexibility index (Phi) is 5.54. The van der Waals surface area contributed by atoms with E-state index in [-0.39, 0.29) is 29.8 Å². The fourth-order valence-corrected chi connectivity index (χ4v) is 2.18. The molecule has 144 valence electrons. The van der Waals surface area contributed by atoms with Gasteiger partial charge in [0.05, 0.1) is 17.1 Å². The summed E-state index contributed by atoms with van der Waals surface area (Å²) in [6.45, 7) is 6.26. The number of amides is 1. The molecule has 1 aliphatic rings. The molecule has 1 amide bonds. The van der Waals surface area contributed by atoms with Crippen molar-refractivity contribution in [2.75, 3.05) is 6.79 Å². The molecule has 2 unspecified atom stereocenters. The highest BCUT2D eigenvalue weighted by Crippen LogP contribution is 2.38. The highest BCUT2D eigenvalue weighted by molar-refractivity contribution is 5.97. The molecule has 1 aliphatic heterocycles. The molecule has 0 saturated carbocycles. The molecular weight excluding hydrogens is 358 g/mol. The van der Waals surface area contributed by atoms with E-state index in [1.807, 2.05) is 6.07 Å². The van der Waals surface area contributed by atoms with Crippen LogP contribution in [-0.2, 0) is 9.53 Å². The van der Waals surface area contributed by atoms with E-state index in [1.165, 1.54) is 6.92 Å². The highest BCUT2D eigenvalue weighted by atomic mass is 16.7. The molecular formula is C17H19N3O7. The number of carbonyl (C=O) groups is 2. The first-order valence-corrected chi connectivity index (χ1v) is 8.11. The summed E-state index contributed by atoms with van der Waals surface area (Å²) >= 11 is 0. The number of carbonyl (C=O) groups excluding carboxylic acids is 2. The first kappa shape index (κ1) is 20.0. The fourth-order valence-electron chi connectivity index (χ4n) is 2.18. The molecule has 1 N–H and O–H groups in total. The predicted octanol–water partition coefficient (Wildman–Crippen LogP) is 1.92. The van der Waals surface area contributed by atoms with E-state index in [0.29, 0.717) is 0 Å². The third-order valence-electron chi connectivity index (χ3n) is 4.33. The van der Waals surface area contributed by atoms with Gasteiger partial charge in [0.2, 0.25) is 6.79 Å². The van der Waals surface area contributed by atoms with Crippen LogP contribution in [-0.4, -0.2) is 35.2 Å². The van der Waals surface area contributed by atoms with E-state index in [2.05, 4.69) is 5.32 Å². The van der Waals surface area contributed by atoms with E-state index < -0.39 is 34.1 Å². The van der Waals surface area contributed by atoms with Gasteiger partial charge in [-0.2, -0.15) is 5.26 Å². The number of hydrogen-bond acceptors (Lipinski definition) is 8. The quantitative estimate of drug-likeness (QED) is 0.450. The second kappa shape index (κ2) is 7.49. The average molecular weight is 377 g/mol. The summed E-state index contributed by atoms with van der Waals surface area (Å²) in [5, 5.41) is 23.0. The molecule has 1 aromatic rings. The third-order valence-corrected chi connectivity index (χ3v) is 4.33. The van der Waals surface area contributed by atoms with Crippen LogP contribution in [0.25, 0.3) is 0 Å². The van der Waals surface area contributed by atoms with E-state index in [1.54, 1.807) is 20.8 Å². The summed E-state index contributed by atoms with van der Waals surface area (Å²) in [7, 11) is 0. The first-order chi connectivity index (χ1) is 12.6. The number of nitrogens with one attached hydrogen (secondary N) is 1. The lowest BCUT2D eigenvalue weighted by atomic mass is 9.90. The Balaban J connectivity index is 2.19. The maximum atomic E-state index is 12.4. The van der Waals surface area contributed by atoms with Crippen molar-refractivity contribution in [2.24, 2.45) is 5.92 Å². The number of rotatable bonds is 6. The second-order valence-electron chi connectivity index (χ2n) is 6.49.